The fourth-order valence-electron chi connectivity index (χ4n) is 2.78. The zero-order valence-corrected chi connectivity index (χ0v) is 13.9. The summed E-state index contributed by atoms with van der Waals surface area (Å²) in [5.41, 5.74) is 0.527. The van der Waals surface area contributed by atoms with Gasteiger partial charge in [0.2, 0.25) is 0 Å². The lowest BCUT2D eigenvalue weighted by atomic mass is 9.75. The summed E-state index contributed by atoms with van der Waals surface area (Å²) in [6.45, 7) is 4.46. The maximum absolute atomic E-state index is 11.5. The number of nitrogens with one attached hydrogen (secondary N) is 1. The van der Waals surface area contributed by atoms with Crippen molar-refractivity contribution in [3.05, 3.63) is 28.3 Å². The number of nitro groups is 1. The van der Waals surface area contributed by atoms with Gasteiger partial charge in [0, 0.05) is 18.4 Å². The minimum absolute atomic E-state index is 0.0328. The van der Waals surface area contributed by atoms with Gasteiger partial charge >= 0.3 is 0 Å². The lowest BCUT2D eigenvalue weighted by Gasteiger charge is -2.35. The molecule has 2 rings (SSSR count). The van der Waals surface area contributed by atoms with E-state index in [1.54, 1.807) is 0 Å². The van der Waals surface area contributed by atoms with Crippen LogP contribution in [0.2, 0.25) is 0 Å². The first-order valence-electron chi connectivity index (χ1n) is 7.33. The molecule has 0 bridgehead atoms. The van der Waals surface area contributed by atoms with Crippen LogP contribution in [0.3, 0.4) is 0 Å². The Balaban J connectivity index is 2.23. The number of nitrogens with zero attached hydrogens (tertiary/aromatic N) is 1. The normalized spacial score (nSPS) is 18.9. The van der Waals surface area contributed by atoms with E-state index in [1.807, 2.05) is 0 Å². The maximum Gasteiger partial charge on any atom is 0.293 e. The van der Waals surface area contributed by atoms with Gasteiger partial charge in [0.15, 0.2) is 9.84 Å². The third-order valence-electron chi connectivity index (χ3n) is 4.29. The van der Waals surface area contributed by atoms with E-state index in [4.69, 9.17) is 0 Å². The van der Waals surface area contributed by atoms with E-state index in [9.17, 15) is 18.5 Å². The molecule has 1 N–H and O–H groups in total. The van der Waals surface area contributed by atoms with Crippen molar-refractivity contribution in [1.82, 2.24) is 0 Å². The molecule has 1 aliphatic carbocycles. The quantitative estimate of drug-likeness (QED) is 0.676. The molecule has 0 heterocycles. The molecular formula is C15H22N2O4S. The average molecular weight is 326 g/mol. The zero-order chi connectivity index (χ0) is 16.5. The number of hydrogen-bond donors (Lipinski definition) is 1. The fourth-order valence-corrected chi connectivity index (χ4v) is 3.42. The highest BCUT2D eigenvalue weighted by atomic mass is 32.2. The second kappa shape index (κ2) is 5.87. The smallest absolute Gasteiger partial charge is 0.293 e. The van der Waals surface area contributed by atoms with Crippen LogP contribution in [0.1, 0.15) is 39.5 Å². The van der Waals surface area contributed by atoms with Crippen molar-refractivity contribution < 1.29 is 13.3 Å². The Hall–Kier alpha value is -1.63. The summed E-state index contributed by atoms with van der Waals surface area (Å²) in [4.78, 5) is 10.6. The Morgan fingerprint density at radius 3 is 2.36 bits per heavy atom. The molecule has 0 atom stereocenters. The number of hydrogen-bond acceptors (Lipinski definition) is 5. The van der Waals surface area contributed by atoms with Crippen LogP contribution in [0.4, 0.5) is 11.4 Å². The summed E-state index contributed by atoms with van der Waals surface area (Å²) in [7, 11) is -3.46. The molecule has 1 aromatic carbocycles. The monoisotopic (exact) mass is 326 g/mol. The van der Waals surface area contributed by atoms with Gasteiger partial charge in [-0.2, -0.15) is 0 Å². The Bertz CT molecular complexity index is 673. The van der Waals surface area contributed by atoms with E-state index in [-0.39, 0.29) is 16.6 Å². The standard InChI is InChI=1S/C15H22N2O4S/c1-15(2)8-6-11(7-9-15)16-13-5-4-12(22(3,20)21)10-14(13)17(18)19/h4-5,10-11,16H,6-9H2,1-3H3. The molecule has 7 heteroatoms. The molecule has 0 saturated heterocycles. The number of sulfone groups is 1. The van der Waals surface area contributed by atoms with Gasteiger partial charge in [-0.15, -0.1) is 0 Å². The number of nitro benzene ring substituents is 1. The van der Waals surface area contributed by atoms with E-state index >= 15 is 0 Å². The predicted molar refractivity (Wildman–Crippen MR) is 85.9 cm³/mol. The molecule has 0 amide bonds. The van der Waals surface area contributed by atoms with Gasteiger partial charge in [0.1, 0.15) is 5.69 Å². The Morgan fingerprint density at radius 2 is 1.86 bits per heavy atom. The Labute approximate surface area is 131 Å². The third kappa shape index (κ3) is 3.97. The maximum atomic E-state index is 11.5. The van der Waals surface area contributed by atoms with Crippen molar-refractivity contribution in [3.63, 3.8) is 0 Å². The average Bonchev–Trinajstić information content (AvgIpc) is 2.40. The first-order chi connectivity index (χ1) is 10.1. The minimum Gasteiger partial charge on any atom is -0.377 e. The third-order valence-corrected chi connectivity index (χ3v) is 5.40. The van der Waals surface area contributed by atoms with Crippen LogP contribution in [0.15, 0.2) is 23.1 Å². The van der Waals surface area contributed by atoms with Crippen molar-refractivity contribution in [2.45, 2.75) is 50.5 Å². The molecule has 122 valence electrons. The molecule has 0 spiro atoms. The lowest BCUT2D eigenvalue weighted by Crippen LogP contribution is -2.30. The molecule has 0 aromatic heterocycles. The van der Waals surface area contributed by atoms with E-state index in [0.717, 1.165) is 38.0 Å². The first-order valence-corrected chi connectivity index (χ1v) is 9.23. The summed E-state index contributed by atoms with van der Waals surface area (Å²) in [5.74, 6) is 0. The molecule has 0 radical (unpaired) electrons. The first kappa shape index (κ1) is 16.7. The molecule has 1 aliphatic rings. The van der Waals surface area contributed by atoms with Crippen molar-refractivity contribution in [1.29, 1.82) is 0 Å². The van der Waals surface area contributed by atoms with Gasteiger partial charge in [0.25, 0.3) is 5.69 Å². The molecule has 1 saturated carbocycles. The van der Waals surface area contributed by atoms with Crippen molar-refractivity contribution in [2.24, 2.45) is 5.41 Å². The van der Waals surface area contributed by atoms with Crippen LogP contribution in [0, 0.1) is 15.5 Å². The SMILES string of the molecule is CC1(C)CCC(Nc2ccc(S(C)(=O)=O)cc2[N+](=O)[O-])CC1. The molecule has 1 fully saturated rings. The summed E-state index contributed by atoms with van der Waals surface area (Å²) in [6, 6.07) is 4.23. The molecule has 0 aliphatic heterocycles. The lowest BCUT2D eigenvalue weighted by molar-refractivity contribution is -0.384. The van der Waals surface area contributed by atoms with Gasteiger partial charge in [-0.3, -0.25) is 10.1 Å². The van der Waals surface area contributed by atoms with Gasteiger partial charge in [0.05, 0.1) is 9.82 Å². The summed E-state index contributed by atoms with van der Waals surface area (Å²) >= 11 is 0. The molecule has 1 aromatic rings. The van der Waals surface area contributed by atoms with E-state index in [1.165, 1.54) is 12.1 Å². The van der Waals surface area contributed by atoms with Crippen molar-refractivity contribution in [3.8, 4) is 0 Å². The molecule has 22 heavy (non-hydrogen) atoms. The second-order valence-electron chi connectivity index (χ2n) is 6.79. The molecule has 0 unspecified atom stereocenters. The van der Waals surface area contributed by atoms with Crippen LogP contribution in [-0.2, 0) is 9.84 Å². The largest absolute Gasteiger partial charge is 0.377 e. The zero-order valence-electron chi connectivity index (χ0n) is 13.1. The van der Waals surface area contributed by atoms with Gasteiger partial charge < -0.3 is 5.32 Å². The van der Waals surface area contributed by atoms with Crippen LogP contribution in [0.5, 0.6) is 0 Å². The van der Waals surface area contributed by atoms with Crippen molar-refractivity contribution in [2.75, 3.05) is 11.6 Å². The highest BCUT2D eigenvalue weighted by Gasteiger charge is 2.28. The predicted octanol–water partition coefficient (Wildman–Crippen LogP) is 3.38. The van der Waals surface area contributed by atoms with E-state index in [2.05, 4.69) is 19.2 Å². The van der Waals surface area contributed by atoms with Gasteiger partial charge in [-0.25, -0.2) is 8.42 Å². The van der Waals surface area contributed by atoms with Crippen molar-refractivity contribution >= 4 is 21.2 Å². The van der Waals surface area contributed by atoms with Crippen LogP contribution in [-0.4, -0.2) is 25.6 Å². The van der Waals surface area contributed by atoms with E-state index in [0.29, 0.717) is 11.1 Å². The van der Waals surface area contributed by atoms with Crippen LogP contribution < -0.4 is 5.32 Å². The Kier molecular flexibility index (Phi) is 4.47. The number of anilines is 1. The molecular weight excluding hydrogens is 304 g/mol. The Morgan fingerprint density at radius 1 is 1.27 bits per heavy atom. The summed E-state index contributed by atoms with van der Waals surface area (Å²) < 4.78 is 23.1. The number of benzene rings is 1. The van der Waals surface area contributed by atoms with Gasteiger partial charge in [-0.05, 0) is 43.2 Å². The summed E-state index contributed by atoms with van der Waals surface area (Å²) in [5, 5.41) is 14.4. The van der Waals surface area contributed by atoms with Crippen LogP contribution >= 0.6 is 0 Å². The highest BCUT2D eigenvalue weighted by molar-refractivity contribution is 7.90. The second-order valence-corrected chi connectivity index (χ2v) is 8.81. The van der Waals surface area contributed by atoms with E-state index < -0.39 is 14.8 Å². The highest BCUT2D eigenvalue weighted by Crippen LogP contribution is 2.37. The molecule has 6 nitrogen and oxygen atoms in total. The number of rotatable bonds is 4. The van der Waals surface area contributed by atoms with Gasteiger partial charge in [-0.1, -0.05) is 13.8 Å². The summed E-state index contributed by atoms with van der Waals surface area (Å²) in [6.07, 6.45) is 5.10. The topological polar surface area (TPSA) is 89.3 Å². The minimum atomic E-state index is -3.46. The fraction of sp³-hybridized carbons (Fsp3) is 0.600. The van der Waals surface area contributed by atoms with Crippen LogP contribution in [0.25, 0.3) is 0 Å².